The van der Waals surface area contributed by atoms with Gasteiger partial charge in [0.2, 0.25) is 5.91 Å². The highest BCUT2D eigenvalue weighted by molar-refractivity contribution is 9.10. The Morgan fingerprint density at radius 1 is 1.42 bits per heavy atom. The molecule has 1 aliphatic heterocycles. The van der Waals surface area contributed by atoms with Crippen LogP contribution in [0, 0.1) is 0 Å². The summed E-state index contributed by atoms with van der Waals surface area (Å²) in [7, 11) is 1.63. The number of benzene rings is 1. The first-order valence-corrected chi connectivity index (χ1v) is 8.62. The van der Waals surface area contributed by atoms with Gasteiger partial charge in [-0.3, -0.25) is 14.7 Å². The summed E-state index contributed by atoms with van der Waals surface area (Å²) >= 11 is 3.54. The Labute approximate surface area is 149 Å². The van der Waals surface area contributed by atoms with Gasteiger partial charge in [0.1, 0.15) is 11.3 Å². The minimum Gasteiger partial charge on any atom is -0.494 e. The number of methoxy groups -OCH3 is 1. The minimum absolute atomic E-state index is 0.147. The first-order chi connectivity index (χ1) is 11.6. The van der Waals surface area contributed by atoms with E-state index in [4.69, 9.17) is 15.2 Å². The third kappa shape index (κ3) is 3.38. The van der Waals surface area contributed by atoms with Crippen LogP contribution in [0.2, 0.25) is 0 Å². The van der Waals surface area contributed by atoms with Crippen LogP contribution in [0.15, 0.2) is 28.9 Å². The number of primary amides is 1. The summed E-state index contributed by atoms with van der Waals surface area (Å²) in [5.74, 6) is 0.349. The molecule has 1 saturated heterocycles. The molecule has 1 unspecified atom stereocenters. The Balaban J connectivity index is 2.10. The van der Waals surface area contributed by atoms with Gasteiger partial charge in [0.15, 0.2) is 0 Å². The lowest BCUT2D eigenvalue weighted by atomic mass is 9.98. The highest BCUT2D eigenvalue weighted by Crippen LogP contribution is 2.38. The van der Waals surface area contributed by atoms with Gasteiger partial charge >= 0.3 is 0 Å². The highest BCUT2D eigenvalue weighted by Gasteiger charge is 2.28. The van der Waals surface area contributed by atoms with Crippen LogP contribution in [-0.2, 0) is 9.53 Å². The van der Waals surface area contributed by atoms with Gasteiger partial charge < -0.3 is 15.2 Å². The van der Waals surface area contributed by atoms with Crippen LogP contribution in [0.25, 0.3) is 10.9 Å². The zero-order chi connectivity index (χ0) is 17.1. The molecule has 0 saturated carbocycles. The predicted molar refractivity (Wildman–Crippen MR) is 94.9 cm³/mol. The molecule has 2 aromatic rings. The fourth-order valence-corrected chi connectivity index (χ4v) is 3.61. The lowest BCUT2D eigenvalue weighted by molar-refractivity contribution is -0.119. The van der Waals surface area contributed by atoms with E-state index in [9.17, 15) is 4.79 Å². The van der Waals surface area contributed by atoms with Gasteiger partial charge in [0.05, 0.1) is 20.3 Å². The van der Waals surface area contributed by atoms with Crippen molar-refractivity contribution in [3.63, 3.8) is 0 Å². The van der Waals surface area contributed by atoms with Crippen molar-refractivity contribution in [2.75, 3.05) is 33.4 Å². The molecule has 0 bridgehead atoms. The molecule has 6 nitrogen and oxygen atoms in total. The molecule has 7 heteroatoms. The van der Waals surface area contributed by atoms with E-state index < -0.39 is 0 Å². The molecule has 24 heavy (non-hydrogen) atoms. The maximum Gasteiger partial charge on any atom is 0.219 e. The number of aromatic nitrogens is 1. The van der Waals surface area contributed by atoms with Gasteiger partial charge in [0.25, 0.3) is 0 Å². The number of fused-ring (bicyclic) bond motifs is 1. The van der Waals surface area contributed by atoms with Gasteiger partial charge in [0, 0.05) is 47.2 Å². The third-order valence-electron chi connectivity index (χ3n) is 4.29. The number of amides is 1. The summed E-state index contributed by atoms with van der Waals surface area (Å²) in [6.45, 7) is 2.81. The van der Waals surface area contributed by atoms with E-state index in [1.165, 1.54) is 0 Å². The maximum absolute atomic E-state index is 11.6. The van der Waals surface area contributed by atoms with E-state index >= 15 is 0 Å². The smallest absolute Gasteiger partial charge is 0.219 e. The second-order valence-electron chi connectivity index (χ2n) is 5.71. The van der Waals surface area contributed by atoms with E-state index in [0.717, 1.165) is 34.0 Å². The Kier molecular flexibility index (Phi) is 5.33. The van der Waals surface area contributed by atoms with Crippen LogP contribution in [0.3, 0.4) is 0 Å². The number of rotatable bonds is 5. The number of nitrogens with zero attached hydrogens (tertiary/aromatic N) is 2. The molecule has 1 aromatic carbocycles. The number of pyridine rings is 1. The summed E-state index contributed by atoms with van der Waals surface area (Å²) < 4.78 is 12.1. The van der Waals surface area contributed by atoms with Crippen LogP contribution in [0.4, 0.5) is 0 Å². The second kappa shape index (κ2) is 7.46. The normalized spacial score (nSPS) is 16.9. The number of hydrogen-bond donors (Lipinski definition) is 1. The third-order valence-corrected chi connectivity index (χ3v) is 4.98. The number of morpholine rings is 1. The molecule has 0 radical (unpaired) electrons. The molecule has 1 fully saturated rings. The molecule has 1 atom stereocenters. The predicted octanol–water partition coefficient (Wildman–Crippen LogP) is 2.25. The van der Waals surface area contributed by atoms with Crippen molar-refractivity contribution in [2.24, 2.45) is 5.73 Å². The van der Waals surface area contributed by atoms with Crippen LogP contribution in [-0.4, -0.2) is 49.2 Å². The van der Waals surface area contributed by atoms with Crippen molar-refractivity contribution < 1.29 is 14.3 Å². The average molecular weight is 394 g/mol. The van der Waals surface area contributed by atoms with E-state index in [0.29, 0.717) is 19.0 Å². The first-order valence-electron chi connectivity index (χ1n) is 7.83. The molecule has 3 rings (SSSR count). The van der Waals surface area contributed by atoms with E-state index in [1.807, 2.05) is 18.2 Å². The quantitative estimate of drug-likeness (QED) is 0.842. The first kappa shape index (κ1) is 17.1. The molecule has 0 spiro atoms. The van der Waals surface area contributed by atoms with Crippen LogP contribution < -0.4 is 10.5 Å². The van der Waals surface area contributed by atoms with Gasteiger partial charge in [-0.25, -0.2) is 0 Å². The largest absolute Gasteiger partial charge is 0.494 e. The summed E-state index contributed by atoms with van der Waals surface area (Å²) in [6.07, 6.45) is 1.96. The van der Waals surface area contributed by atoms with E-state index in [2.05, 4.69) is 25.8 Å². The molecule has 1 aliphatic rings. The number of ether oxygens (including phenoxy) is 2. The zero-order valence-corrected chi connectivity index (χ0v) is 15.1. The van der Waals surface area contributed by atoms with Crippen molar-refractivity contribution in [3.05, 3.63) is 34.4 Å². The fourth-order valence-electron chi connectivity index (χ4n) is 3.17. The molecular formula is C17H20BrN3O3. The Bertz CT molecular complexity index is 747. The van der Waals surface area contributed by atoms with Crippen molar-refractivity contribution in [3.8, 4) is 5.75 Å². The Morgan fingerprint density at radius 3 is 2.83 bits per heavy atom. The van der Waals surface area contributed by atoms with Crippen LogP contribution in [0.5, 0.6) is 5.75 Å². The van der Waals surface area contributed by atoms with Crippen LogP contribution >= 0.6 is 15.9 Å². The summed E-state index contributed by atoms with van der Waals surface area (Å²) in [4.78, 5) is 18.3. The van der Waals surface area contributed by atoms with Gasteiger partial charge in [-0.2, -0.15) is 0 Å². The number of halogens is 1. The van der Waals surface area contributed by atoms with Gasteiger partial charge in [-0.05, 0) is 6.07 Å². The number of carbonyl (C=O) groups excluding carboxylic acids is 1. The number of carbonyl (C=O) groups is 1. The summed E-state index contributed by atoms with van der Waals surface area (Å²) in [6, 6.07) is 5.74. The standard InChI is InChI=1S/C17H20BrN3O3/c1-23-17-12(3-2-11-13(18)4-5-20-16(11)17)14(10-15(19)22)21-6-8-24-9-7-21/h2-5,14H,6-10H2,1H3,(H2,19,22). The Morgan fingerprint density at radius 2 is 2.17 bits per heavy atom. The minimum atomic E-state index is -0.337. The molecule has 128 valence electrons. The van der Waals surface area contributed by atoms with Crippen LogP contribution in [0.1, 0.15) is 18.0 Å². The lowest BCUT2D eigenvalue weighted by Gasteiger charge is -2.35. The maximum atomic E-state index is 11.6. The van der Waals surface area contributed by atoms with Crippen molar-refractivity contribution in [1.29, 1.82) is 0 Å². The van der Waals surface area contributed by atoms with Gasteiger partial charge in [-0.15, -0.1) is 0 Å². The highest BCUT2D eigenvalue weighted by atomic mass is 79.9. The molecular weight excluding hydrogens is 374 g/mol. The van der Waals surface area contributed by atoms with E-state index in [-0.39, 0.29) is 18.4 Å². The second-order valence-corrected chi connectivity index (χ2v) is 6.57. The molecule has 2 heterocycles. The molecule has 2 N–H and O–H groups in total. The summed E-state index contributed by atoms with van der Waals surface area (Å²) in [5, 5.41) is 0.970. The monoisotopic (exact) mass is 393 g/mol. The number of hydrogen-bond acceptors (Lipinski definition) is 5. The molecule has 1 aromatic heterocycles. The van der Waals surface area contributed by atoms with Crippen molar-refractivity contribution >= 4 is 32.7 Å². The Hall–Kier alpha value is -1.70. The molecule has 0 aliphatic carbocycles. The fraction of sp³-hybridized carbons (Fsp3) is 0.412. The lowest BCUT2D eigenvalue weighted by Crippen LogP contribution is -2.40. The zero-order valence-electron chi connectivity index (χ0n) is 13.5. The van der Waals surface area contributed by atoms with Crippen molar-refractivity contribution in [2.45, 2.75) is 12.5 Å². The average Bonchev–Trinajstić information content (AvgIpc) is 2.59. The topological polar surface area (TPSA) is 77.7 Å². The van der Waals surface area contributed by atoms with Gasteiger partial charge in [-0.1, -0.05) is 28.1 Å². The van der Waals surface area contributed by atoms with E-state index in [1.54, 1.807) is 13.3 Å². The molecule has 1 amide bonds. The number of nitrogens with two attached hydrogens (primary N) is 1. The summed E-state index contributed by atoms with van der Waals surface area (Å²) in [5.41, 5.74) is 7.20. The SMILES string of the molecule is COc1c(C(CC(N)=O)N2CCOCC2)ccc2c(Br)ccnc12. The van der Waals surface area contributed by atoms with Crippen molar-refractivity contribution in [1.82, 2.24) is 9.88 Å².